The summed E-state index contributed by atoms with van der Waals surface area (Å²) in [6.07, 6.45) is 1.31. The smallest absolute Gasteiger partial charge is 0.292 e. The molecule has 0 spiro atoms. The van der Waals surface area contributed by atoms with Crippen molar-refractivity contribution < 1.29 is 4.39 Å². The molecule has 6 nitrogen and oxygen atoms in total. The number of aromatic nitrogens is 2. The molecule has 2 aromatic rings. The molecule has 0 fully saturated rings. The molecule has 104 valence electrons. The van der Waals surface area contributed by atoms with Gasteiger partial charge in [-0.05, 0) is 6.07 Å². The number of hydrogen-bond donors (Lipinski definition) is 1. The first-order valence-corrected chi connectivity index (χ1v) is 5.81. The number of H-pyrrole nitrogens is 1. The topological polar surface area (TPSA) is 70.5 Å². The molecular formula is C13H13FN4O2. The molecule has 1 aromatic heterocycles. The molecule has 0 atom stereocenters. The van der Waals surface area contributed by atoms with Gasteiger partial charge in [-0.3, -0.25) is 19.4 Å². The second-order valence-electron chi connectivity index (χ2n) is 4.15. The van der Waals surface area contributed by atoms with Crippen molar-refractivity contribution in [1.82, 2.24) is 9.55 Å². The van der Waals surface area contributed by atoms with E-state index in [9.17, 15) is 14.0 Å². The number of nitrogens with zero attached hydrogens (tertiary/aromatic N) is 3. The fourth-order valence-electron chi connectivity index (χ4n) is 1.51. The highest BCUT2D eigenvalue weighted by atomic mass is 19.1. The Morgan fingerprint density at radius 2 is 2.05 bits per heavy atom. The van der Waals surface area contributed by atoms with Crippen LogP contribution in [-0.2, 0) is 7.05 Å². The Morgan fingerprint density at radius 3 is 2.70 bits per heavy atom. The maximum Gasteiger partial charge on any atom is 0.329 e. The summed E-state index contributed by atoms with van der Waals surface area (Å²) in [4.78, 5) is 25.5. The van der Waals surface area contributed by atoms with Crippen LogP contribution in [0.5, 0.6) is 0 Å². The van der Waals surface area contributed by atoms with E-state index < -0.39 is 17.1 Å². The van der Waals surface area contributed by atoms with Gasteiger partial charge in [0.15, 0.2) is 0 Å². The summed E-state index contributed by atoms with van der Waals surface area (Å²) < 4.78 is 14.3. The van der Waals surface area contributed by atoms with Gasteiger partial charge in [0, 0.05) is 25.7 Å². The van der Waals surface area contributed by atoms with Crippen LogP contribution < -0.4 is 16.3 Å². The number of aromatic amines is 1. The number of hydrogen-bond acceptors (Lipinski definition) is 4. The molecule has 0 amide bonds. The van der Waals surface area contributed by atoms with E-state index in [1.807, 2.05) is 0 Å². The maximum atomic E-state index is 13.4. The monoisotopic (exact) mass is 276 g/mol. The van der Waals surface area contributed by atoms with Crippen LogP contribution in [0.15, 0.2) is 45.0 Å². The third kappa shape index (κ3) is 2.82. The largest absolute Gasteiger partial charge is 0.329 e. The molecular weight excluding hydrogens is 263 g/mol. The van der Waals surface area contributed by atoms with Gasteiger partial charge in [0.05, 0.1) is 6.21 Å². The Labute approximate surface area is 113 Å². The molecule has 1 heterocycles. The van der Waals surface area contributed by atoms with Crippen LogP contribution in [0.3, 0.4) is 0 Å². The second-order valence-corrected chi connectivity index (χ2v) is 4.15. The van der Waals surface area contributed by atoms with Gasteiger partial charge in [-0.25, -0.2) is 9.18 Å². The summed E-state index contributed by atoms with van der Waals surface area (Å²) in [6.45, 7) is 0. The van der Waals surface area contributed by atoms with Crippen molar-refractivity contribution in [2.24, 2.45) is 12.1 Å². The first kappa shape index (κ1) is 13.7. The molecule has 20 heavy (non-hydrogen) atoms. The standard InChI is InChI=1S/C13H13FN4O2/c1-17-12(19)7-11(16-13(17)20)18(2)15-8-9-5-3-4-6-10(9)14/h3-8H,1-2H3,(H,16,20)/b15-8+. The summed E-state index contributed by atoms with van der Waals surface area (Å²) >= 11 is 0. The van der Waals surface area contributed by atoms with Crippen LogP contribution in [-0.4, -0.2) is 22.8 Å². The predicted molar refractivity (Wildman–Crippen MR) is 74.7 cm³/mol. The van der Waals surface area contributed by atoms with E-state index in [0.717, 1.165) is 4.57 Å². The van der Waals surface area contributed by atoms with Crippen LogP contribution in [0.2, 0.25) is 0 Å². The summed E-state index contributed by atoms with van der Waals surface area (Å²) in [6, 6.07) is 7.39. The van der Waals surface area contributed by atoms with Crippen LogP contribution in [0, 0.1) is 5.82 Å². The fourth-order valence-corrected chi connectivity index (χ4v) is 1.51. The van der Waals surface area contributed by atoms with Gasteiger partial charge >= 0.3 is 5.69 Å². The van der Waals surface area contributed by atoms with Gasteiger partial charge in [0.1, 0.15) is 11.6 Å². The predicted octanol–water partition coefficient (Wildman–Crippen LogP) is 0.683. The molecule has 7 heteroatoms. The second kappa shape index (κ2) is 5.52. The molecule has 0 saturated heterocycles. The van der Waals surface area contributed by atoms with E-state index in [4.69, 9.17) is 0 Å². The molecule has 2 rings (SSSR count). The zero-order valence-corrected chi connectivity index (χ0v) is 11.0. The Balaban J connectivity index is 2.29. The van der Waals surface area contributed by atoms with Gasteiger partial charge in [-0.2, -0.15) is 5.10 Å². The number of benzene rings is 1. The zero-order chi connectivity index (χ0) is 14.7. The lowest BCUT2D eigenvalue weighted by molar-refractivity contribution is 0.626. The SMILES string of the molecule is CN(/N=C/c1ccccc1F)c1cc(=O)n(C)c(=O)[nH]1. The molecule has 0 bridgehead atoms. The molecule has 0 unspecified atom stereocenters. The molecule has 0 aliphatic rings. The van der Waals surface area contributed by atoms with Crippen molar-refractivity contribution in [3.63, 3.8) is 0 Å². The molecule has 1 aromatic carbocycles. The molecule has 0 aliphatic heterocycles. The highest BCUT2D eigenvalue weighted by molar-refractivity contribution is 5.80. The van der Waals surface area contributed by atoms with E-state index in [2.05, 4.69) is 10.1 Å². The van der Waals surface area contributed by atoms with Crippen molar-refractivity contribution in [1.29, 1.82) is 0 Å². The Hall–Kier alpha value is -2.70. The average Bonchev–Trinajstić information content (AvgIpc) is 2.43. The van der Waals surface area contributed by atoms with Crippen molar-refractivity contribution in [3.05, 3.63) is 62.6 Å². The molecule has 0 aliphatic carbocycles. The van der Waals surface area contributed by atoms with Gasteiger partial charge in [-0.15, -0.1) is 0 Å². The molecule has 0 radical (unpaired) electrons. The van der Waals surface area contributed by atoms with Crippen molar-refractivity contribution in [2.75, 3.05) is 12.1 Å². The van der Waals surface area contributed by atoms with Crippen LogP contribution >= 0.6 is 0 Å². The van der Waals surface area contributed by atoms with Gasteiger partial charge in [-0.1, -0.05) is 18.2 Å². The summed E-state index contributed by atoms with van der Waals surface area (Å²) in [7, 11) is 2.91. The minimum atomic E-state index is -0.541. The van der Waals surface area contributed by atoms with Crippen molar-refractivity contribution >= 4 is 12.0 Å². The van der Waals surface area contributed by atoms with Gasteiger partial charge in [0.2, 0.25) is 0 Å². The molecule has 1 N–H and O–H groups in total. The normalized spacial score (nSPS) is 10.9. The van der Waals surface area contributed by atoms with Crippen LogP contribution in [0.25, 0.3) is 0 Å². The summed E-state index contributed by atoms with van der Waals surface area (Å²) in [5.74, 6) is -0.173. The quantitative estimate of drug-likeness (QED) is 0.662. The highest BCUT2D eigenvalue weighted by Gasteiger charge is 2.04. The fraction of sp³-hybridized carbons (Fsp3) is 0.154. The first-order chi connectivity index (χ1) is 9.49. The van der Waals surface area contributed by atoms with Gasteiger partial charge in [0.25, 0.3) is 5.56 Å². The lowest BCUT2D eigenvalue weighted by Crippen LogP contribution is -2.33. The third-order valence-corrected chi connectivity index (χ3v) is 2.75. The number of rotatable bonds is 3. The third-order valence-electron chi connectivity index (χ3n) is 2.75. The number of nitrogens with one attached hydrogen (secondary N) is 1. The van der Waals surface area contributed by atoms with Crippen LogP contribution in [0.1, 0.15) is 5.56 Å². The van der Waals surface area contributed by atoms with Crippen molar-refractivity contribution in [2.45, 2.75) is 0 Å². The van der Waals surface area contributed by atoms with E-state index in [-0.39, 0.29) is 5.82 Å². The highest BCUT2D eigenvalue weighted by Crippen LogP contribution is 2.06. The van der Waals surface area contributed by atoms with Crippen LogP contribution in [0.4, 0.5) is 10.2 Å². The minimum Gasteiger partial charge on any atom is -0.292 e. The van der Waals surface area contributed by atoms with E-state index in [0.29, 0.717) is 5.56 Å². The summed E-state index contributed by atoms with van der Waals surface area (Å²) in [5, 5.41) is 5.27. The van der Waals surface area contributed by atoms with Gasteiger partial charge < -0.3 is 0 Å². The number of hydrazone groups is 1. The number of anilines is 1. The summed E-state index contributed by atoms with van der Waals surface area (Å²) in [5.41, 5.74) is -0.678. The van der Waals surface area contributed by atoms with Crippen molar-refractivity contribution in [3.8, 4) is 0 Å². The average molecular weight is 276 g/mol. The number of halogens is 1. The Morgan fingerprint density at radius 1 is 1.35 bits per heavy atom. The maximum absolute atomic E-state index is 13.4. The van der Waals surface area contributed by atoms with E-state index >= 15 is 0 Å². The van der Waals surface area contributed by atoms with E-state index in [1.54, 1.807) is 25.2 Å². The lowest BCUT2D eigenvalue weighted by Gasteiger charge is -2.12. The van der Waals surface area contributed by atoms with E-state index in [1.165, 1.54) is 30.4 Å². The first-order valence-electron chi connectivity index (χ1n) is 5.81. The minimum absolute atomic E-state index is 0.227. The lowest BCUT2D eigenvalue weighted by atomic mass is 10.2. The molecule has 0 saturated carbocycles. The Kier molecular flexibility index (Phi) is 3.79. The Bertz CT molecular complexity index is 732. The zero-order valence-electron chi connectivity index (χ0n) is 11.0.